The van der Waals surface area contributed by atoms with E-state index in [1.165, 1.54) is 17.7 Å². The Bertz CT molecular complexity index is 1230. The molecule has 8 heteroatoms. The minimum absolute atomic E-state index is 0.262. The van der Waals surface area contributed by atoms with Crippen LogP contribution in [0.2, 0.25) is 0 Å². The number of benzene rings is 2. The maximum atomic E-state index is 13.0. The van der Waals surface area contributed by atoms with E-state index in [1.54, 1.807) is 30.7 Å². The first-order valence-corrected chi connectivity index (χ1v) is 12.0. The Kier molecular flexibility index (Phi) is 9.02. The van der Waals surface area contributed by atoms with Gasteiger partial charge < -0.3 is 23.9 Å². The first-order valence-electron chi connectivity index (χ1n) is 12.0. The highest BCUT2D eigenvalue weighted by molar-refractivity contribution is 5.65. The van der Waals surface area contributed by atoms with Gasteiger partial charge in [0.15, 0.2) is 0 Å². The van der Waals surface area contributed by atoms with Gasteiger partial charge in [0.2, 0.25) is 5.89 Å². The maximum Gasteiger partial charge on any atom is 0.218 e. The van der Waals surface area contributed by atoms with Crippen LogP contribution in [0.25, 0.3) is 12.2 Å². The van der Waals surface area contributed by atoms with E-state index in [2.05, 4.69) is 22.1 Å². The number of aliphatic hydroxyl groups is 2. The number of halogens is 1. The van der Waals surface area contributed by atoms with Crippen molar-refractivity contribution in [2.45, 2.75) is 44.9 Å². The number of oxazole rings is 1. The van der Waals surface area contributed by atoms with Gasteiger partial charge >= 0.3 is 0 Å². The third-order valence-electron chi connectivity index (χ3n) is 5.71. The second-order valence-corrected chi connectivity index (χ2v) is 8.53. The molecule has 7 nitrogen and oxygen atoms in total. The number of rotatable bonds is 13. The molecule has 4 aromatic rings. The van der Waals surface area contributed by atoms with E-state index in [0.29, 0.717) is 24.6 Å². The van der Waals surface area contributed by atoms with Crippen LogP contribution in [0.3, 0.4) is 0 Å². The number of imidazole rings is 1. The van der Waals surface area contributed by atoms with E-state index in [0.717, 1.165) is 42.9 Å². The summed E-state index contributed by atoms with van der Waals surface area (Å²) in [5.41, 5.74) is 2.78. The molecule has 0 aliphatic rings. The van der Waals surface area contributed by atoms with Gasteiger partial charge in [0, 0.05) is 31.4 Å². The van der Waals surface area contributed by atoms with Crippen LogP contribution in [0.1, 0.15) is 41.4 Å². The number of aliphatic hydroxyl groups excluding tert-OH is 2. The highest BCUT2D eigenvalue weighted by atomic mass is 19.1. The fourth-order valence-electron chi connectivity index (χ4n) is 3.74. The van der Waals surface area contributed by atoms with Crippen molar-refractivity contribution in [2.75, 3.05) is 6.61 Å². The molecule has 0 saturated heterocycles. The van der Waals surface area contributed by atoms with Crippen molar-refractivity contribution >= 4 is 12.2 Å². The molecule has 0 radical (unpaired) electrons. The molecule has 4 rings (SSSR count). The van der Waals surface area contributed by atoms with Gasteiger partial charge in [0.1, 0.15) is 36.0 Å². The van der Waals surface area contributed by atoms with Gasteiger partial charge in [-0.3, -0.25) is 0 Å². The zero-order valence-electron chi connectivity index (χ0n) is 20.0. The van der Waals surface area contributed by atoms with E-state index in [9.17, 15) is 9.50 Å². The summed E-state index contributed by atoms with van der Waals surface area (Å²) in [5.74, 6) is 1.74. The topological polar surface area (TPSA) is 93.5 Å². The molecule has 2 N–H and O–H groups in total. The van der Waals surface area contributed by atoms with E-state index in [1.807, 2.05) is 29.0 Å². The van der Waals surface area contributed by atoms with E-state index in [4.69, 9.17) is 14.3 Å². The molecule has 0 spiro atoms. The Morgan fingerprint density at radius 2 is 1.86 bits per heavy atom. The molecule has 2 aromatic heterocycles. The van der Waals surface area contributed by atoms with Crippen LogP contribution in [-0.4, -0.2) is 37.5 Å². The zero-order chi connectivity index (χ0) is 25.2. The van der Waals surface area contributed by atoms with Crippen LogP contribution in [0, 0.1) is 5.82 Å². The fraction of sp³-hybridized carbons (Fsp3) is 0.286. The molecule has 0 bridgehead atoms. The van der Waals surface area contributed by atoms with E-state index < -0.39 is 6.10 Å². The van der Waals surface area contributed by atoms with Gasteiger partial charge in [-0.15, -0.1) is 0 Å². The van der Waals surface area contributed by atoms with Gasteiger partial charge in [-0.05, 0) is 60.7 Å². The number of nitrogens with zero attached hydrogens (tertiary/aromatic N) is 3. The summed E-state index contributed by atoms with van der Waals surface area (Å²) in [6, 6.07) is 14.2. The van der Waals surface area contributed by atoms with Crippen LogP contribution >= 0.6 is 0 Å². The second-order valence-electron chi connectivity index (χ2n) is 8.53. The molecule has 2 heterocycles. The number of hydrogen-bond acceptors (Lipinski definition) is 6. The normalized spacial score (nSPS) is 12.3. The molecule has 2 aromatic carbocycles. The third-order valence-corrected chi connectivity index (χ3v) is 5.71. The van der Waals surface area contributed by atoms with Gasteiger partial charge in [-0.2, -0.15) is 0 Å². The smallest absolute Gasteiger partial charge is 0.218 e. The number of aryl methyl sites for hydroxylation is 2. The van der Waals surface area contributed by atoms with Gasteiger partial charge in [0.05, 0.1) is 12.7 Å². The molecular formula is C28H30FN3O4. The molecule has 0 fully saturated rings. The molecule has 1 atom stereocenters. The highest BCUT2D eigenvalue weighted by Gasteiger charge is 2.09. The molecule has 0 saturated carbocycles. The summed E-state index contributed by atoms with van der Waals surface area (Å²) in [6.45, 7) is 0.862. The zero-order valence-corrected chi connectivity index (χ0v) is 20.0. The Labute approximate surface area is 209 Å². The molecule has 1 unspecified atom stereocenters. The van der Waals surface area contributed by atoms with Crippen molar-refractivity contribution in [2.24, 2.45) is 0 Å². The Morgan fingerprint density at radius 3 is 2.64 bits per heavy atom. The van der Waals surface area contributed by atoms with Gasteiger partial charge in [-0.1, -0.05) is 24.3 Å². The van der Waals surface area contributed by atoms with Crippen LogP contribution in [-0.2, 0) is 26.0 Å². The number of ether oxygens (including phenoxy) is 1. The molecular weight excluding hydrogens is 461 g/mol. The molecule has 188 valence electrons. The van der Waals surface area contributed by atoms with Crippen molar-refractivity contribution in [1.29, 1.82) is 0 Å². The maximum absolute atomic E-state index is 13.0. The summed E-state index contributed by atoms with van der Waals surface area (Å²) in [7, 11) is 0. The first kappa shape index (κ1) is 25.3. The number of aromatic nitrogens is 3. The molecule has 0 aliphatic heterocycles. The Hall–Kier alpha value is -3.75. The summed E-state index contributed by atoms with van der Waals surface area (Å²) >= 11 is 0. The largest absolute Gasteiger partial charge is 0.487 e. The monoisotopic (exact) mass is 491 g/mol. The van der Waals surface area contributed by atoms with Crippen molar-refractivity contribution in [3.63, 3.8) is 0 Å². The molecule has 0 amide bonds. The summed E-state index contributed by atoms with van der Waals surface area (Å²) in [6.07, 6.45) is 11.3. The van der Waals surface area contributed by atoms with Gasteiger partial charge in [0.25, 0.3) is 0 Å². The summed E-state index contributed by atoms with van der Waals surface area (Å²) in [4.78, 5) is 8.66. The van der Waals surface area contributed by atoms with Crippen molar-refractivity contribution < 1.29 is 23.8 Å². The summed E-state index contributed by atoms with van der Waals surface area (Å²) in [5, 5.41) is 18.7. The average molecular weight is 492 g/mol. The lowest BCUT2D eigenvalue weighted by molar-refractivity contribution is 0.0931. The average Bonchev–Trinajstić information content (AvgIpc) is 3.55. The lowest BCUT2D eigenvalue weighted by Crippen LogP contribution is -2.18. The Balaban J connectivity index is 1.18. The Morgan fingerprint density at radius 1 is 1.06 bits per heavy atom. The van der Waals surface area contributed by atoms with Gasteiger partial charge in [-0.25, -0.2) is 14.4 Å². The fourth-order valence-corrected chi connectivity index (χ4v) is 3.74. The van der Waals surface area contributed by atoms with Crippen molar-refractivity contribution in [1.82, 2.24) is 14.5 Å². The van der Waals surface area contributed by atoms with Crippen LogP contribution < -0.4 is 4.74 Å². The number of unbranched alkanes of at least 4 members (excludes halogenated alkanes) is 1. The van der Waals surface area contributed by atoms with Crippen LogP contribution in [0.15, 0.2) is 71.6 Å². The van der Waals surface area contributed by atoms with E-state index in [-0.39, 0.29) is 12.4 Å². The lowest BCUT2D eigenvalue weighted by Gasteiger charge is -2.10. The predicted octanol–water partition coefficient (Wildman–Crippen LogP) is 4.68. The van der Waals surface area contributed by atoms with Crippen LogP contribution in [0.5, 0.6) is 5.75 Å². The third kappa shape index (κ3) is 7.63. The highest BCUT2D eigenvalue weighted by Crippen LogP contribution is 2.17. The van der Waals surface area contributed by atoms with E-state index >= 15 is 0 Å². The SMILES string of the molecule is OCC(O)Cc1nccn1CCCCc1ccc(OCc2coc(/C=C/c3ccc(F)cc3)n2)cc1. The minimum atomic E-state index is -0.775. The minimum Gasteiger partial charge on any atom is -0.487 e. The quantitative estimate of drug-likeness (QED) is 0.264. The van der Waals surface area contributed by atoms with Crippen molar-refractivity contribution in [3.8, 4) is 5.75 Å². The standard InChI is InChI=1S/C28H30FN3O4/c29-23-9-4-22(5-10-23)8-13-28-31-24(20-36-28)19-35-26-11-6-21(7-12-26)3-1-2-15-32-16-14-30-27(32)17-25(34)18-33/h4-14,16,20,25,33-34H,1-3,15,17-19H2/b13-8+. The summed E-state index contributed by atoms with van der Waals surface area (Å²) < 4.78 is 26.3. The number of hydrogen-bond donors (Lipinski definition) is 2. The van der Waals surface area contributed by atoms with Crippen molar-refractivity contribution in [3.05, 3.63) is 102 Å². The molecule has 0 aliphatic carbocycles. The molecule has 36 heavy (non-hydrogen) atoms. The predicted molar refractivity (Wildman–Crippen MR) is 135 cm³/mol. The lowest BCUT2D eigenvalue weighted by atomic mass is 10.1. The second kappa shape index (κ2) is 12.8. The van der Waals surface area contributed by atoms with Crippen LogP contribution in [0.4, 0.5) is 4.39 Å². The first-order chi connectivity index (χ1) is 17.6.